The number of thiophene rings is 1. The normalized spacial score (nSPS) is 13.6. The second-order valence-electron chi connectivity index (χ2n) is 8.02. The molecule has 1 aliphatic rings. The van der Waals surface area contributed by atoms with E-state index >= 15 is 0 Å². The third kappa shape index (κ3) is 6.09. The van der Waals surface area contributed by atoms with Crippen molar-refractivity contribution in [2.24, 2.45) is 0 Å². The van der Waals surface area contributed by atoms with E-state index in [1.54, 1.807) is 17.6 Å². The van der Waals surface area contributed by atoms with Gasteiger partial charge >= 0.3 is 5.97 Å². The summed E-state index contributed by atoms with van der Waals surface area (Å²) in [6.07, 6.45) is 6.66. The third-order valence-corrected chi connectivity index (χ3v) is 6.91. The van der Waals surface area contributed by atoms with Gasteiger partial charge in [0.2, 0.25) is 0 Å². The molecule has 4 rings (SSSR count). The van der Waals surface area contributed by atoms with Gasteiger partial charge in [-0.3, -0.25) is 9.78 Å². The Morgan fingerprint density at radius 1 is 1.18 bits per heavy atom. The van der Waals surface area contributed by atoms with Gasteiger partial charge in [0.1, 0.15) is 16.7 Å². The van der Waals surface area contributed by atoms with Crippen LogP contribution in [0, 0.1) is 0 Å². The summed E-state index contributed by atoms with van der Waals surface area (Å²) in [5.74, 6) is -0.576. The molecule has 33 heavy (non-hydrogen) atoms. The highest BCUT2D eigenvalue weighted by Gasteiger charge is 2.23. The van der Waals surface area contributed by atoms with Crippen molar-refractivity contribution >= 4 is 40.6 Å². The van der Waals surface area contributed by atoms with Crippen molar-refractivity contribution in [2.75, 3.05) is 11.9 Å². The van der Waals surface area contributed by atoms with E-state index in [1.807, 2.05) is 12.1 Å². The Labute approximate surface area is 201 Å². The molecule has 1 aliphatic heterocycles. The Hall–Kier alpha value is -2.97. The number of hydrogen-bond donors (Lipinski definition) is 3. The van der Waals surface area contributed by atoms with Gasteiger partial charge in [-0.2, -0.15) is 0 Å². The van der Waals surface area contributed by atoms with Gasteiger partial charge in [0, 0.05) is 30.6 Å². The summed E-state index contributed by atoms with van der Waals surface area (Å²) in [5, 5.41) is 17.4. The Bertz CT molecular complexity index is 1130. The van der Waals surface area contributed by atoms with Crippen LogP contribution in [0.15, 0.2) is 41.9 Å². The van der Waals surface area contributed by atoms with Gasteiger partial charge in [-0.1, -0.05) is 23.7 Å². The van der Waals surface area contributed by atoms with E-state index in [0.717, 1.165) is 61.4 Å². The number of carboxylic acids is 1. The predicted molar refractivity (Wildman–Crippen MR) is 129 cm³/mol. The quantitative estimate of drug-likeness (QED) is 0.421. The van der Waals surface area contributed by atoms with Crippen molar-refractivity contribution in [3.8, 4) is 0 Å². The van der Waals surface area contributed by atoms with E-state index in [4.69, 9.17) is 16.6 Å². The number of hydrogen-bond acceptors (Lipinski definition) is 6. The molecule has 0 aromatic carbocycles. The average Bonchev–Trinajstić information content (AvgIpc) is 3.25. The lowest BCUT2D eigenvalue weighted by atomic mass is 10.0. The molecule has 4 heterocycles. The summed E-state index contributed by atoms with van der Waals surface area (Å²) in [7, 11) is 0. The van der Waals surface area contributed by atoms with Crippen LogP contribution in [0.4, 0.5) is 5.82 Å². The molecule has 3 aromatic rings. The molecular formula is C24H25ClN4O3S. The molecule has 3 aromatic heterocycles. The summed E-state index contributed by atoms with van der Waals surface area (Å²) < 4.78 is 0. The highest BCUT2D eigenvalue weighted by molar-refractivity contribution is 7.12. The van der Waals surface area contributed by atoms with Gasteiger partial charge in [0.05, 0.1) is 5.02 Å². The third-order valence-electron chi connectivity index (χ3n) is 5.57. The zero-order valence-electron chi connectivity index (χ0n) is 18.0. The van der Waals surface area contributed by atoms with Crippen LogP contribution in [0.1, 0.15) is 45.0 Å². The van der Waals surface area contributed by atoms with E-state index in [2.05, 4.69) is 27.8 Å². The lowest BCUT2D eigenvalue weighted by Gasteiger charge is -2.17. The minimum Gasteiger partial charge on any atom is -0.480 e. The topological polar surface area (TPSA) is 104 Å². The number of carboxylic acid groups (broad SMARTS) is 1. The number of aliphatic carboxylic acids is 1. The second kappa shape index (κ2) is 10.8. The molecule has 0 bridgehead atoms. The van der Waals surface area contributed by atoms with E-state index < -0.39 is 17.9 Å². The molecule has 7 nitrogen and oxygen atoms in total. The number of nitrogens with one attached hydrogen (secondary N) is 2. The van der Waals surface area contributed by atoms with Crippen LogP contribution in [0.5, 0.6) is 0 Å². The van der Waals surface area contributed by atoms with Gasteiger partial charge in [0.25, 0.3) is 5.91 Å². The van der Waals surface area contributed by atoms with Crippen molar-refractivity contribution in [3.05, 3.63) is 74.3 Å². The number of aryl methyl sites for hydroxylation is 3. The molecule has 9 heteroatoms. The number of fused-ring (bicyclic) bond motifs is 1. The minimum atomic E-state index is -1.10. The first-order valence-corrected chi connectivity index (χ1v) is 12.2. The molecule has 0 saturated heterocycles. The molecule has 0 saturated carbocycles. The number of rotatable bonds is 9. The lowest BCUT2D eigenvalue weighted by Crippen LogP contribution is -2.42. The van der Waals surface area contributed by atoms with Crippen LogP contribution in [-0.2, 0) is 30.5 Å². The maximum Gasteiger partial charge on any atom is 0.326 e. The molecule has 1 amide bonds. The summed E-state index contributed by atoms with van der Waals surface area (Å²) in [4.78, 5) is 33.5. The first-order chi connectivity index (χ1) is 16.0. The molecule has 0 spiro atoms. The van der Waals surface area contributed by atoms with Crippen LogP contribution in [-0.4, -0.2) is 39.5 Å². The van der Waals surface area contributed by atoms with E-state index in [0.29, 0.717) is 9.90 Å². The number of halogens is 1. The van der Waals surface area contributed by atoms with Gasteiger partial charge in [-0.25, -0.2) is 9.78 Å². The molecule has 0 radical (unpaired) electrons. The molecule has 0 fully saturated rings. The SMILES string of the molecule is O=C(N[C@@H](Cc1ccc(CCCc2ccc3c(n2)NCCC3)nc1)C(=O)O)c1sccc1Cl. The van der Waals surface area contributed by atoms with Crippen LogP contribution in [0.2, 0.25) is 5.02 Å². The summed E-state index contributed by atoms with van der Waals surface area (Å²) in [6, 6.07) is 8.59. The molecule has 1 atom stereocenters. The van der Waals surface area contributed by atoms with Gasteiger partial charge < -0.3 is 15.7 Å². The largest absolute Gasteiger partial charge is 0.480 e. The summed E-state index contributed by atoms with van der Waals surface area (Å²) in [5.41, 5.74) is 4.05. The Morgan fingerprint density at radius 3 is 2.73 bits per heavy atom. The second-order valence-corrected chi connectivity index (χ2v) is 9.34. The maximum atomic E-state index is 12.3. The average molecular weight is 485 g/mol. The van der Waals surface area contributed by atoms with Crippen molar-refractivity contribution in [2.45, 2.75) is 44.6 Å². The minimum absolute atomic E-state index is 0.142. The van der Waals surface area contributed by atoms with Gasteiger partial charge in [-0.15, -0.1) is 11.3 Å². The Balaban J connectivity index is 1.29. The molecule has 3 N–H and O–H groups in total. The summed E-state index contributed by atoms with van der Waals surface area (Å²) in [6.45, 7) is 0.980. The first-order valence-electron chi connectivity index (χ1n) is 10.9. The van der Waals surface area contributed by atoms with E-state index in [1.165, 1.54) is 16.9 Å². The standard InChI is InChI=1S/C24H25ClN4O3S/c25-19-10-12-33-21(19)23(30)29-20(24(31)32)13-15-6-8-17(27-14-15)4-1-5-18-9-7-16-3-2-11-26-22(16)28-18/h6-10,12,14,20H,1-5,11,13H2,(H,26,28)(H,29,30)(H,31,32)/t20-/m0/s1. The van der Waals surface area contributed by atoms with Gasteiger partial charge in [0.15, 0.2) is 0 Å². The number of nitrogens with zero attached hydrogens (tertiary/aromatic N) is 2. The first kappa shape index (κ1) is 23.2. The van der Waals surface area contributed by atoms with Crippen molar-refractivity contribution < 1.29 is 14.7 Å². The van der Waals surface area contributed by atoms with Crippen LogP contribution < -0.4 is 10.6 Å². The number of anilines is 1. The lowest BCUT2D eigenvalue weighted by molar-refractivity contribution is -0.139. The fourth-order valence-corrected chi connectivity index (χ4v) is 4.84. The highest BCUT2D eigenvalue weighted by Crippen LogP contribution is 2.22. The van der Waals surface area contributed by atoms with Crippen molar-refractivity contribution in [1.82, 2.24) is 15.3 Å². The summed E-state index contributed by atoms with van der Waals surface area (Å²) >= 11 is 7.15. The van der Waals surface area contributed by atoms with Gasteiger partial charge in [-0.05, 0) is 66.8 Å². The van der Waals surface area contributed by atoms with E-state index in [9.17, 15) is 14.7 Å². The maximum absolute atomic E-state index is 12.3. The molecule has 0 unspecified atom stereocenters. The van der Waals surface area contributed by atoms with E-state index in [-0.39, 0.29) is 6.42 Å². The fraction of sp³-hybridized carbons (Fsp3) is 0.333. The zero-order chi connectivity index (χ0) is 23.2. The Kier molecular flexibility index (Phi) is 7.57. The number of aromatic nitrogens is 2. The number of carbonyl (C=O) groups excluding carboxylic acids is 1. The van der Waals surface area contributed by atoms with Crippen LogP contribution in [0.25, 0.3) is 0 Å². The highest BCUT2D eigenvalue weighted by atomic mass is 35.5. The monoisotopic (exact) mass is 484 g/mol. The van der Waals surface area contributed by atoms with Crippen molar-refractivity contribution in [3.63, 3.8) is 0 Å². The molecule has 172 valence electrons. The molecular weight excluding hydrogens is 460 g/mol. The number of amides is 1. The predicted octanol–water partition coefficient (Wildman–Crippen LogP) is 4.15. The van der Waals surface area contributed by atoms with Crippen LogP contribution >= 0.6 is 22.9 Å². The zero-order valence-corrected chi connectivity index (χ0v) is 19.6. The Morgan fingerprint density at radius 2 is 2.00 bits per heavy atom. The number of pyridine rings is 2. The van der Waals surface area contributed by atoms with Crippen LogP contribution in [0.3, 0.4) is 0 Å². The number of carbonyl (C=O) groups is 2. The van der Waals surface area contributed by atoms with Crippen molar-refractivity contribution in [1.29, 1.82) is 0 Å². The smallest absolute Gasteiger partial charge is 0.326 e. The fourth-order valence-electron chi connectivity index (χ4n) is 3.80. The molecule has 0 aliphatic carbocycles.